The molecule has 1 aromatic heterocycles. The molecule has 0 radical (unpaired) electrons. The Hall–Kier alpha value is -2.37. The number of ketones is 1. The Morgan fingerprint density at radius 2 is 2.17 bits per heavy atom. The number of Topliss-reactive ketones (excluding diaryl/α,β-unsaturated/α-hetero) is 1. The Bertz CT molecular complexity index is 841. The molecule has 0 bridgehead atoms. The van der Waals surface area contributed by atoms with Crippen LogP contribution in [-0.4, -0.2) is 23.3 Å². The van der Waals surface area contributed by atoms with E-state index < -0.39 is 23.7 Å². The number of anilines is 1. The molecule has 1 aliphatic heterocycles. The lowest BCUT2D eigenvalue weighted by molar-refractivity contribution is -0.135. The minimum atomic E-state index is -1.97. The van der Waals surface area contributed by atoms with E-state index >= 15 is 0 Å². The number of aryl methyl sites for hydroxylation is 1. The molecule has 24 heavy (non-hydrogen) atoms. The molecule has 2 heterocycles. The fourth-order valence-electron chi connectivity index (χ4n) is 2.91. The summed E-state index contributed by atoms with van der Waals surface area (Å²) in [6.07, 6.45) is 1.14. The van der Waals surface area contributed by atoms with Crippen molar-refractivity contribution < 1.29 is 19.1 Å². The zero-order valence-electron chi connectivity index (χ0n) is 13.1. The molecule has 1 unspecified atom stereocenters. The molecule has 5 nitrogen and oxygen atoms in total. The zero-order chi connectivity index (χ0) is 17.5. The molecule has 1 atom stereocenters. The summed E-state index contributed by atoms with van der Waals surface area (Å²) in [7, 11) is 0. The Kier molecular flexibility index (Phi) is 4.07. The van der Waals surface area contributed by atoms with Gasteiger partial charge in [-0.3, -0.25) is 9.59 Å². The molecule has 0 spiro atoms. The highest BCUT2D eigenvalue weighted by Gasteiger charge is 2.51. The maximum absolute atomic E-state index is 12.8. The molecule has 2 aromatic rings. The minimum absolute atomic E-state index is 0.111. The van der Waals surface area contributed by atoms with Crippen LogP contribution in [0, 0.1) is 6.92 Å². The first-order valence-electron chi connectivity index (χ1n) is 7.41. The number of furan rings is 1. The number of amides is 1. The Morgan fingerprint density at radius 3 is 2.79 bits per heavy atom. The number of carbonyl (C=O) groups is 2. The first-order valence-corrected chi connectivity index (χ1v) is 7.79. The van der Waals surface area contributed by atoms with Crippen molar-refractivity contribution in [1.29, 1.82) is 0 Å². The molecule has 124 valence electrons. The van der Waals surface area contributed by atoms with Gasteiger partial charge >= 0.3 is 0 Å². The Labute approximate surface area is 144 Å². The fourth-order valence-corrected chi connectivity index (χ4v) is 3.08. The maximum atomic E-state index is 12.8. The van der Waals surface area contributed by atoms with Crippen LogP contribution in [0.25, 0.3) is 0 Å². The van der Waals surface area contributed by atoms with Crippen LogP contribution in [0.3, 0.4) is 0 Å². The SMILES string of the molecule is C=CCN1C(=O)C(O)(CC(=O)c2ccc(C)o2)c2cc(Cl)ccc21. The van der Waals surface area contributed by atoms with Gasteiger partial charge < -0.3 is 14.4 Å². The second-order valence-corrected chi connectivity index (χ2v) is 6.17. The third-order valence-corrected chi connectivity index (χ3v) is 4.27. The van der Waals surface area contributed by atoms with Crippen LogP contribution in [0.4, 0.5) is 5.69 Å². The van der Waals surface area contributed by atoms with Crippen LogP contribution < -0.4 is 4.90 Å². The van der Waals surface area contributed by atoms with Crippen LogP contribution in [0.5, 0.6) is 0 Å². The molecule has 0 fully saturated rings. The molecule has 1 amide bonds. The number of fused-ring (bicyclic) bond motifs is 1. The van der Waals surface area contributed by atoms with Gasteiger partial charge in [0.1, 0.15) is 5.76 Å². The Morgan fingerprint density at radius 1 is 1.42 bits per heavy atom. The second kappa shape index (κ2) is 5.92. The average Bonchev–Trinajstić information content (AvgIpc) is 3.05. The lowest BCUT2D eigenvalue weighted by Crippen LogP contribution is -2.41. The number of nitrogens with zero attached hydrogens (tertiary/aromatic N) is 1. The zero-order valence-corrected chi connectivity index (χ0v) is 13.8. The lowest BCUT2D eigenvalue weighted by atomic mass is 9.89. The molecule has 3 rings (SSSR count). The van der Waals surface area contributed by atoms with Crippen molar-refractivity contribution in [1.82, 2.24) is 0 Å². The summed E-state index contributed by atoms with van der Waals surface area (Å²) in [6, 6.07) is 7.98. The summed E-state index contributed by atoms with van der Waals surface area (Å²) < 4.78 is 5.29. The van der Waals surface area contributed by atoms with Gasteiger partial charge in [-0.15, -0.1) is 6.58 Å². The fraction of sp³-hybridized carbons (Fsp3) is 0.222. The van der Waals surface area contributed by atoms with Gasteiger partial charge in [0.25, 0.3) is 5.91 Å². The summed E-state index contributed by atoms with van der Waals surface area (Å²) in [5.41, 5.74) is -1.13. The standard InChI is InChI=1S/C18H16ClNO4/c1-3-8-20-14-6-5-12(19)9-13(14)18(23,17(20)22)10-15(21)16-7-4-11(2)24-16/h3-7,9,23H,1,8,10H2,2H3. The molecule has 0 aliphatic carbocycles. The number of hydrogen-bond acceptors (Lipinski definition) is 4. The topological polar surface area (TPSA) is 70.8 Å². The van der Waals surface area contributed by atoms with Crippen molar-refractivity contribution in [3.63, 3.8) is 0 Å². The van der Waals surface area contributed by atoms with E-state index in [9.17, 15) is 14.7 Å². The predicted molar refractivity (Wildman–Crippen MR) is 90.3 cm³/mol. The van der Waals surface area contributed by atoms with E-state index in [0.717, 1.165) is 0 Å². The Balaban J connectivity index is 2.02. The highest BCUT2D eigenvalue weighted by Crippen LogP contribution is 2.44. The van der Waals surface area contributed by atoms with E-state index in [0.29, 0.717) is 22.0 Å². The number of hydrogen-bond donors (Lipinski definition) is 1. The summed E-state index contributed by atoms with van der Waals surface area (Å²) >= 11 is 6.02. The number of benzene rings is 1. The highest BCUT2D eigenvalue weighted by atomic mass is 35.5. The molecule has 1 aromatic carbocycles. The second-order valence-electron chi connectivity index (χ2n) is 5.74. The third kappa shape index (κ3) is 2.56. The van der Waals surface area contributed by atoms with E-state index in [1.165, 1.54) is 17.0 Å². The van der Waals surface area contributed by atoms with E-state index in [2.05, 4.69) is 6.58 Å². The van der Waals surface area contributed by atoms with Gasteiger partial charge in [-0.2, -0.15) is 0 Å². The van der Waals surface area contributed by atoms with E-state index in [1.807, 2.05) is 0 Å². The van der Waals surface area contributed by atoms with Gasteiger partial charge in [0.05, 0.1) is 12.1 Å². The predicted octanol–water partition coefficient (Wildman–Crippen LogP) is 3.23. The molecular formula is C18H16ClNO4. The van der Waals surface area contributed by atoms with Crippen molar-refractivity contribution in [2.24, 2.45) is 0 Å². The largest absolute Gasteiger partial charge is 0.458 e. The van der Waals surface area contributed by atoms with Crippen LogP contribution in [0.2, 0.25) is 5.02 Å². The highest BCUT2D eigenvalue weighted by molar-refractivity contribution is 6.31. The molecule has 1 N–H and O–H groups in total. The molecule has 1 aliphatic rings. The van der Waals surface area contributed by atoms with Crippen LogP contribution in [-0.2, 0) is 10.4 Å². The van der Waals surface area contributed by atoms with Gasteiger partial charge in [0.15, 0.2) is 11.4 Å². The average molecular weight is 346 g/mol. The summed E-state index contributed by atoms with van der Waals surface area (Å²) in [4.78, 5) is 26.6. The number of rotatable bonds is 5. The lowest BCUT2D eigenvalue weighted by Gasteiger charge is -2.21. The summed E-state index contributed by atoms with van der Waals surface area (Å²) in [5, 5.41) is 11.4. The monoisotopic (exact) mass is 345 g/mol. The third-order valence-electron chi connectivity index (χ3n) is 4.04. The van der Waals surface area contributed by atoms with Gasteiger partial charge in [-0.25, -0.2) is 0 Å². The van der Waals surface area contributed by atoms with Crippen molar-refractivity contribution in [3.8, 4) is 0 Å². The van der Waals surface area contributed by atoms with Crippen molar-refractivity contribution in [2.45, 2.75) is 18.9 Å². The van der Waals surface area contributed by atoms with Gasteiger partial charge in [-0.05, 0) is 37.3 Å². The summed E-state index contributed by atoms with van der Waals surface area (Å²) in [5.74, 6) is -0.332. The number of carbonyl (C=O) groups excluding carboxylic acids is 2. The summed E-state index contributed by atoms with van der Waals surface area (Å²) in [6.45, 7) is 5.57. The van der Waals surface area contributed by atoms with Gasteiger partial charge in [0, 0.05) is 17.1 Å². The molecule has 0 saturated carbocycles. The van der Waals surface area contributed by atoms with Gasteiger partial charge in [-0.1, -0.05) is 17.7 Å². The smallest absolute Gasteiger partial charge is 0.264 e. The first-order chi connectivity index (χ1) is 11.4. The quantitative estimate of drug-likeness (QED) is 0.667. The molecule has 0 saturated heterocycles. The first kappa shape index (κ1) is 16.5. The van der Waals surface area contributed by atoms with E-state index in [1.54, 1.807) is 31.2 Å². The normalized spacial score (nSPS) is 19.5. The van der Waals surface area contributed by atoms with Crippen LogP contribution in [0.1, 0.15) is 28.3 Å². The van der Waals surface area contributed by atoms with Crippen molar-refractivity contribution in [3.05, 3.63) is 65.1 Å². The van der Waals surface area contributed by atoms with E-state index in [4.69, 9.17) is 16.0 Å². The van der Waals surface area contributed by atoms with E-state index in [-0.39, 0.29) is 12.3 Å². The minimum Gasteiger partial charge on any atom is -0.458 e. The van der Waals surface area contributed by atoms with Crippen molar-refractivity contribution in [2.75, 3.05) is 11.4 Å². The molecular weight excluding hydrogens is 330 g/mol. The van der Waals surface area contributed by atoms with Crippen LogP contribution >= 0.6 is 11.6 Å². The van der Waals surface area contributed by atoms with Crippen LogP contribution in [0.15, 0.2) is 47.4 Å². The maximum Gasteiger partial charge on any atom is 0.264 e. The van der Waals surface area contributed by atoms with Gasteiger partial charge in [0.2, 0.25) is 5.78 Å². The van der Waals surface area contributed by atoms with Crippen molar-refractivity contribution >= 4 is 29.0 Å². The number of aliphatic hydroxyl groups is 1. The number of halogens is 1. The molecule has 6 heteroatoms.